The molecule has 0 aromatic heterocycles. The summed E-state index contributed by atoms with van der Waals surface area (Å²) in [7, 11) is 0. The van der Waals surface area contributed by atoms with E-state index in [0.29, 0.717) is 0 Å². The van der Waals surface area contributed by atoms with Crippen LogP contribution >= 0.6 is 0 Å². The second-order valence-electron chi connectivity index (χ2n) is 2.26. The van der Waals surface area contributed by atoms with Crippen LogP contribution < -0.4 is 0 Å². The minimum absolute atomic E-state index is 0.0981. The number of hydrogen-bond acceptors (Lipinski definition) is 1. The van der Waals surface area contributed by atoms with Crippen molar-refractivity contribution in [3.05, 3.63) is 11.8 Å². The van der Waals surface area contributed by atoms with Crippen LogP contribution in [0.1, 0.15) is 19.3 Å². The molecule has 0 amide bonds. The van der Waals surface area contributed by atoms with Gasteiger partial charge in [-0.2, -0.15) is 0 Å². The fourth-order valence-electron chi connectivity index (χ4n) is 0.782. The van der Waals surface area contributed by atoms with E-state index in [1.54, 1.807) is 0 Å². The van der Waals surface area contributed by atoms with Gasteiger partial charge in [0.15, 0.2) is 0 Å². The zero-order valence-corrected chi connectivity index (χ0v) is 4.90. The summed E-state index contributed by atoms with van der Waals surface area (Å²) in [6, 6.07) is 0. The molecule has 0 aromatic rings. The normalized spacial score (nSPS) is 25.3. The molecule has 0 radical (unpaired) electrons. The second kappa shape index (κ2) is 1.97. The molecule has 1 N–H and O–H groups in total. The third-order valence-electron chi connectivity index (χ3n) is 1.38. The van der Waals surface area contributed by atoms with Crippen LogP contribution in [0.15, 0.2) is 11.8 Å². The quantitative estimate of drug-likeness (QED) is 0.538. The van der Waals surface area contributed by atoms with Gasteiger partial charge in [0, 0.05) is 19.3 Å². The first-order chi connectivity index (χ1) is 4.10. The number of aliphatic hydroxyl groups is 1. The molecule has 0 fully saturated rings. The maximum atomic E-state index is 12.2. The summed E-state index contributed by atoms with van der Waals surface area (Å²) in [5.41, 5.74) is 0. The Morgan fingerprint density at radius 1 is 1.56 bits per heavy atom. The molecule has 0 saturated carbocycles. The van der Waals surface area contributed by atoms with Crippen LogP contribution in [-0.2, 0) is 0 Å². The number of hydrogen-bond donors (Lipinski definition) is 1. The van der Waals surface area contributed by atoms with Crippen molar-refractivity contribution in [1.29, 1.82) is 0 Å². The summed E-state index contributed by atoms with van der Waals surface area (Å²) in [6.45, 7) is 0. The lowest BCUT2D eigenvalue weighted by atomic mass is 10.0. The molecule has 1 nitrogen and oxygen atoms in total. The third kappa shape index (κ3) is 1.66. The number of halogens is 2. The van der Waals surface area contributed by atoms with Gasteiger partial charge < -0.3 is 5.11 Å². The van der Waals surface area contributed by atoms with Crippen LogP contribution in [-0.4, -0.2) is 11.0 Å². The van der Waals surface area contributed by atoms with Gasteiger partial charge in [0.1, 0.15) is 0 Å². The summed E-state index contributed by atoms with van der Waals surface area (Å²) in [4.78, 5) is 0. The van der Waals surface area contributed by atoms with Crippen molar-refractivity contribution in [3.8, 4) is 0 Å². The largest absolute Gasteiger partial charge is 0.513 e. The summed E-state index contributed by atoms with van der Waals surface area (Å²) >= 11 is 0. The summed E-state index contributed by atoms with van der Waals surface area (Å²) in [5.74, 6) is -2.48. The van der Waals surface area contributed by atoms with E-state index >= 15 is 0 Å². The van der Waals surface area contributed by atoms with Crippen LogP contribution in [0.5, 0.6) is 0 Å². The van der Waals surface area contributed by atoms with Crippen molar-refractivity contribution >= 4 is 0 Å². The Hall–Kier alpha value is -0.600. The molecule has 0 bridgehead atoms. The van der Waals surface area contributed by atoms with Crippen molar-refractivity contribution in [2.24, 2.45) is 0 Å². The molecule has 0 saturated heterocycles. The molecule has 0 aliphatic heterocycles. The molecule has 1 rings (SSSR count). The Labute approximate surface area is 52.0 Å². The number of allylic oxidation sites excluding steroid dienone is 2. The number of alkyl halides is 2. The average molecular weight is 134 g/mol. The van der Waals surface area contributed by atoms with Crippen molar-refractivity contribution in [2.75, 3.05) is 0 Å². The fourth-order valence-corrected chi connectivity index (χ4v) is 0.782. The minimum atomic E-state index is -2.58. The molecule has 9 heavy (non-hydrogen) atoms. The van der Waals surface area contributed by atoms with Crippen LogP contribution in [0.25, 0.3) is 0 Å². The predicted octanol–water partition coefficient (Wildman–Crippen LogP) is 2.25. The van der Waals surface area contributed by atoms with Gasteiger partial charge in [-0.15, -0.1) is 0 Å². The molecule has 3 heteroatoms. The summed E-state index contributed by atoms with van der Waals surface area (Å²) < 4.78 is 24.4. The second-order valence-corrected chi connectivity index (χ2v) is 2.26. The van der Waals surface area contributed by atoms with E-state index in [4.69, 9.17) is 5.11 Å². The van der Waals surface area contributed by atoms with E-state index in [0.717, 1.165) is 0 Å². The average Bonchev–Trinajstić information content (AvgIpc) is 1.78. The molecule has 0 atom stereocenters. The molecular formula is C6H8F2O. The van der Waals surface area contributed by atoms with Crippen molar-refractivity contribution in [3.63, 3.8) is 0 Å². The molecule has 0 spiro atoms. The standard InChI is InChI=1S/C6H8F2O/c7-6(8)3-1-5(9)2-4-6/h1,9H,2-4H2. The van der Waals surface area contributed by atoms with Crippen LogP contribution in [0.4, 0.5) is 8.78 Å². The predicted molar refractivity (Wildman–Crippen MR) is 29.5 cm³/mol. The Kier molecular flexibility index (Phi) is 1.43. The van der Waals surface area contributed by atoms with Gasteiger partial charge in [0.25, 0.3) is 5.92 Å². The Bertz CT molecular complexity index is 140. The van der Waals surface area contributed by atoms with Gasteiger partial charge in [0.2, 0.25) is 0 Å². The topological polar surface area (TPSA) is 20.2 Å². The maximum absolute atomic E-state index is 12.2. The highest BCUT2D eigenvalue weighted by molar-refractivity contribution is 4.99. The molecular weight excluding hydrogens is 126 g/mol. The third-order valence-corrected chi connectivity index (χ3v) is 1.38. The van der Waals surface area contributed by atoms with Gasteiger partial charge >= 0.3 is 0 Å². The lowest BCUT2D eigenvalue weighted by Gasteiger charge is -2.17. The van der Waals surface area contributed by atoms with Crippen molar-refractivity contribution in [1.82, 2.24) is 0 Å². The van der Waals surface area contributed by atoms with Gasteiger partial charge in [-0.1, -0.05) is 0 Å². The van der Waals surface area contributed by atoms with Crippen molar-refractivity contribution < 1.29 is 13.9 Å². The maximum Gasteiger partial charge on any atom is 0.252 e. The smallest absolute Gasteiger partial charge is 0.252 e. The first-order valence-electron chi connectivity index (χ1n) is 2.86. The molecule has 1 aliphatic rings. The minimum Gasteiger partial charge on any atom is -0.513 e. The van der Waals surface area contributed by atoms with E-state index in [1.165, 1.54) is 6.08 Å². The van der Waals surface area contributed by atoms with E-state index < -0.39 is 5.92 Å². The zero-order chi connectivity index (χ0) is 6.91. The summed E-state index contributed by atoms with van der Waals surface area (Å²) in [6.07, 6.45) is 0.782. The first kappa shape index (κ1) is 6.52. The monoisotopic (exact) mass is 134 g/mol. The lowest BCUT2D eigenvalue weighted by Crippen LogP contribution is -2.18. The van der Waals surface area contributed by atoms with Gasteiger partial charge in [0.05, 0.1) is 5.76 Å². The van der Waals surface area contributed by atoms with E-state index in [1.807, 2.05) is 0 Å². The highest BCUT2D eigenvalue weighted by Gasteiger charge is 2.30. The van der Waals surface area contributed by atoms with Gasteiger partial charge in [-0.3, -0.25) is 0 Å². The van der Waals surface area contributed by atoms with Gasteiger partial charge in [-0.05, 0) is 6.08 Å². The van der Waals surface area contributed by atoms with E-state index in [-0.39, 0.29) is 25.0 Å². The van der Waals surface area contributed by atoms with E-state index in [2.05, 4.69) is 0 Å². The Morgan fingerprint density at radius 2 is 2.22 bits per heavy atom. The Morgan fingerprint density at radius 3 is 2.56 bits per heavy atom. The van der Waals surface area contributed by atoms with Crippen LogP contribution in [0, 0.1) is 0 Å². The van der Waals surface area contributed by atoms with Crippen molar-refractivity contribution in [2.45, 2.75) is 25.2 Å². The molecule has 0 heterocycles. The first-order valence-corrected chi connectivity index (χ1v) is 2.86. The molecule has 0 unspecified atom stereocenters. The molecule has 0 aromatic carbocycles. The van der Waals surface area contributed by atoms with Gasteiger partial charge in [-0.25, -0.2) is 8.78 Å². The highest BCUT2D eigenvalue weighted by Crippen LogP contribution is 2.30. The SMILES string of the molecule is OC1=CCC(F)(F)CC1. The van der Waals surface area contributed by atoms with Crippen LogP contribution in [0.3, 0.4) is 0 Å². The zero-order valence-electron chi connectivity index (χ0n) is 4.90. The highest BCUT2D eigenvalue weighted by atomic mass is 19.3. The number of rotatable bonds is 0. The van der Waals surface area contributed by atoms with E-state index in [9.17, 15) is 8.78 Å². The van der Waals surface area contributed by atoms with Crippen LogP contribution in [0.2, 0.25) is 0 Å². The molecule has 1 aliphatic carbocycles. The summed E-state index contributed by atoms with van der Waals surface area (Å²) in [5, 5.41) is 8.67. The lowest BCUT2D eigenvalue weighted by molar-refractivity contribution is -0.0133. The fraction of sp³-hybridized carbons (Fsp3) is 0.667. The molecule has 52 valence electrons. The Balaban J connectivity index is 2.56. The number of aliphatic hydroxyl groups excluding tert-OH is 1.